The number of hydrogen-bond acceptors (Lipinski definition) is 4. The molecule has 0 amide bonds. The molecule has 4 heteroatoms. The zero-order valence-corrected chi connectivity index (χ0v) is 21.2. The lowest BCUT2D eigenvalue weighted by Gasteiger charge is -2.04. The summed E-state index contributed by atoms with van der Waals surface area (Å²) in [6.45, 7) is 2.13. The first-order valence-electron chi connectivity index (χ1n) is 10.7. The molecule has 160 valence electrons. The quantitative estimate of drug-likeness (QED) is 0.223. The highest BCUT2D eigenvalue weighted by Crippen LogP contribution is 2.43. The fraction of sp³-hybridized carbons (Fsp3) is 0.0345. The normalized spacial score (nSPS) is 11.2. The van der Waals surface area contributed by atoms with Crippen LogP contribution >= 0.6 is 45.3 Å². The maximum Gasteiger partial charge on any atom is 0.0449 e. The monoisotopic (exact) mass is 496 g/mol. The van der Waals surface area contributed by atoms with Gasteiger partial charge < -0.3 is 0 Å². The molecule has 0 nitrogen and oxygen atoms in total. The maximum absolute atomic E-state index is 2.26. The maximum atomic E-state index is 2.26. The number of aryl methyl sites for hydroxylation is 1. The minimum absolute atomic E-state index is 1.26. The molecule has 33 heavy (non-hydrogen) atoms. The van der Waals surface area contributed by atoms with Crippen molar-refractivity contribution in [3.05, 3.63) is 108 Å². The molecule has 0 aliphatic carbocycles. The van der Waals surface area contributed by atoms with Crippen LogP contribution in [-0.2, 0) is 0 Å². The second-order valence-corrected chi connectivity index (χ2v) is 12.1. The number of benzene rings is 2. The van der Waals surface area contributed by atoms with Crippen LogP contribution in [0.5, 0.6) is 0 Å². The number of rotatable bonds is 5. The molecule has 0 fully saturated rings. The molecular weight excluding hydrogens is 477 g/mol. The van der Waals surface area contributed by atoms with Crippen molar-refractivity contribution in [2.45, 2.75) is 6.92 Å². The van der Waals surface area contributed by atoms with E-state index in [2.05, 4.69) is 109 Å². The second-order valence-electron chi connectivity index (χ2n) is 7.91. The summed E-state index contributed by atoms with van der Waals surface area (Å²) in [5.41, 5.74) is 5.09. The third-order valence-corrected chi connectivity index (χ3v) is 10.4. The fourth-order valence-corrected chi connectivity index (χ4v) is 7.86. The van der Waals surface area contributed by atoms with Gasteiger partial charge in [0.15, 0.2) is 0 Å². The van der Waals surface area contributed by atoms with E-state index in [1.807, 2.05) is 34.0 Å². The van der Waals surface area contributed by atoms with Crippen molar-refractivity contribution in [2.24, 2.45) is 0 Å². The van der Waals surface area contributed by atoms with Crippen LogP contribution in [0.15, 0.2) is 102 Å². The van der Waals surface area contributed by atoms with Gasteiger partial charge in [-0.1, -0.05) is 60.2 Å². The molecule has 0 saturated heterocycles. The summed E-state index contributed by atoms with van der Waals surface area (Å²) in [4.78, 5) is 9.36. The third-order valence-electron chi connectivity index (χ3n) is 5.62. The highest BCUT2D eigenvalue weighted by Gasteiger charge is 2.11. The first kappa shape index (κ1) is 20.8. The molecule has 6 aromatic rings. The molecule has 0 N–H and O–H groups in total. The predicted molar refractivity (Wildman–Crippen MR) is 150 cm³/mol. The first-order chi connectivity index (χ1) is 16.2. The average Bonchev–Trinajstić information content (AvgIpc) is 3.65. The van der Waals surface area contributed by atoms with E-state index >= 15 is 0 Å². The highest BCUT2D eigenvalue weighted by molar-refractivity contribution is 7.28. The van der Waals surface area contributed by atoms with Crippen molar-refractivity contribution in [1.82, 2.24) is 0 Å². The summed E-state index contributed by atoms with van der Waals surface area (Å²) < 4.78 is 0. The van der Waals surface area contributed by atoms with Gasteiger partial charge in [0.05, 0.1) is 0 Å². The molecule has 0 bridgehead atoms. The van der Waals surface area contributed by atoms with E-state index in [1.165, 1.54) is 56.4 Å². The first-order valence-corrected chi connectivity index (χ1v) is 14.1. The molecule has 0 unspecified atom stereocenters. The molecule has 0 aliphatic rings. The zero-order chi connectivity index (χ0) is 22.2. The standard InChI is InChI=1S/C29H20S4/c1-19-4-6-20(7-5-19)21-8-10-22(11-9-21)23-12-13-26(31-23)27-16-17-29(33-27)28-15-14-25(32-28)24-3-2-18-30-24/h2-18H,1H3. The molecule has 0 radical (unpaired) electrons. The molecule has 0 aliphatic heterocycles. The molecule has 4 aromatic heterocycles. The average molecular weight is 497 g/mol. The number of hydrogen-bond donors (Lipinski definition) is 0. The van der Waals surface area contributed by atoms with Gasteiger partial charge in [-0.15, -0.1) is 45.3 Å². The molecule has 6 rings (SSSR count). The summed E-state index contributed by atoms with van der Waals surface area (Å²) in [5.74, 6) is 0. The molecule has 0 spiro atoms. The van der Waals surface area contributed by atoms with Gasteiger partial charge in [-0.25, -0.2) is 0 Å². The number of thiophene rings is 4. The predicted octanol–water partition coefficient (Wildman–Crippen LogP) is 10.6. The summed E-state index contributed by atoms with van der Waals surface area (Å²) in [6.07, 6.45) is 0. The lowest BCUT2D eigenvalue weighted by Crippen LogP contribution is -1.79. The van der Waals surface area contributed by atoms with Crippen LogP contribution < -0.4 is 0 Å². The Morgan fingerprint density at radius 2 is 0.818 bits per heavy atom. The van der Waals surface area contributed by atoms with Crippen LogP contribution in [0.4, 0.5) is 0 Å². The molecule has 4 heterocycles. The van der Waals surface area contributed by atoms with E-state index in [9.17, 15) is 0 Å². The van der Waals surface area contributed by atoms with Crippen LogP contribution in [0.3, 0.4) is 0 Å². The molecule has 0 atom stereocenters. The largest absolute Gasteiger partial charge is 0.143 e. The van der Waals surface area contributed by atoms with Gasteiger partial charge in [0, 0.05) is 34.1 Å². The molecule has 2 aromatic carbocycles. The van der Waals surface area contributed by atoms with Crippen molar-refractivity contribution in [2.75, 3.05) is 0 Å². The molecule has 0 saturated carbocycles. The van der Waals surface area contributed by atoms with Crippen LogP contribution in [0.25, 0.3) is 50.8 Å². The molecular formula is C29H20S4. The van der Waals surface area contributed by atoms with Crippen molar-refractivity contribution in [3.63, 3.8) is 0 Å². The van der Waals surface area contributed by atoms with Crippen molar-refractivity contribution in [3.8, 4) is 50.8 Å². The van der Waals surface area contributed by atoms with E-state index in [1.54, 1.807) is 11.3 Å². The SMILES string of the molecule is Cc1ccc(-c2ccc(-c3ccc(-c4ccc(-c5ccc(-c6cccs6)s5)s4)s3)cc2)cc1. The van der Waals surface area contributed by atoms with Gasteiger partial charge in [0.1, 0.15) is 0 Å². The Morgan fingerprint density at radius 3 is 1.33 bits per heavy atom. The smallest absolute Gasteiger partial charge is 0.0449 e. The van der Waals surface area contributed by atoms with Crippen LogP contribution in [0.2, 0.25) is 0 Å². The topological polar surface area (TPSA) is 0 Å². The van der Waals surface area contributed by atoms with E-state index in [-0.39, 0.29) is 0 Å². The Labute approximate surface area is 210 Å². The minimum Gasteiger partial charge on any atom is -0.143 e. The summed E-state index contributed by atoms with van der Waals surface area (Å²) in [5, 5.41) is 2.14. The van der Waals surface area contributed by atoms with Crippen molar-refractivity contribution >= 4 is 45.3 Å². The Balaban J connectivity index is 1.22. The van der Waals surface area contributed by atoms with Gasteiger partial charge in [-0.3, -0.25) is 0 Å². The second kappa shape index (κ2) is 8.88. The van der Waals surface area contributed by atoms with Crippen molar-refractivity contribution in [1.29, 1.82) is 0 Å². The third kappa shape index (κ3) is 4.28. The van der Waals surface area contributed by atoms with E-state index in [0.717, 1.165) is 0 Å². The minimum atomic E-state index is 1.26. The Hall–Kier alpha value is -2.76. The fourth-order valence-electron chi connectivity index (χ4n) is 3.82. The van der Waals surface area contributed by atoms with Gasteiger partial charge in [-0.05, 0) is 71.5 Å². The Morgan fingerprint density at radius 1 is 0.394 bits per heavy atom. The van der Waals surface area contributed by atoms with Gasteiger partial charge in [0.25, 0.3) is 0 Å². The highest BCUT2D eigenvalue weighted by atomic mass is 32.1. The van der Waals surface area contributed by atoms with Crippen LogP contribution in [-0.4, -0.2) is 0 Å². The summed E-state index contributed by atoms with van der Waals surface area (Å²) in [7, 11) is 0. The van der Waals surface area contributed by atoms with Crippen LogP contribution in [0.1, 0.15) is 5.56 Å². The van der Waals surface area contributed by atoms with E-state index < -0.39 is 0 Å². The van der Waals surface area contributed by atoms with E-state index in [0.29, 0.717) is 0 Å². The zero-order valence-electron chi connectivity index (χ0n) is 17.9. The van der Waals surface area contributed by atoms with Crippen molar-refractivity contribution < 1.29 is 0 Å². The van der Waals surface area contributed by atoms with Gasteiger partial charge in [-0.2, -0.15) is 0 Å². The van der Waals surface area contributed by atoms with Gasteiger partial charge >= 0.3 is 0 Å². The Kier molecular flexibility index (Phi) is 5.60. The van der Waals surface area contributed by atoms with Crippen LogP contribution in [0, 0.1) is 6.92 Å². The Bertz CT molecular complexity index is 1490. The lowest BCUT2D eigenvalue weighted by atomic mass is 10.0. The summed E-state index contributed by atoms with van der Waals surface area (Å²) >= 11 is 7.43. The van der Waals surface area contributed by atoms with E-state index in [4.69, 9.17) is 0 Å². The van der Waals surface area contributed by atoms with Gasteiger partial charge in [0.2, 0.25) is 0 Å². The summed E-state index contributed by atoms with van der Waals surface area (Å²) in [6, 6.07) is 35.5. The lowest BCUT2D eigenvalue weighted by molar-refractivity contribution is 1.47.